The van der Waals surface area contributed by atoms with E-state index in [4.69, 9.17) is 14.7 Å². The zero-order chi connectivity index (χ0) is 24.1. The Bertz CT molecular complexity index is 1430. The van der Waals surface area contributed by atoms with Gasteiger partial charge in [0, 0.05) is 34.6 Å². The lowest BCUT2D eigenvalue weighted by Gasteiger charge is -2.41. The SMILES string of the molecule is Cn1nnc(-c2ccc(-c3cn4ccc(C5=CC(C)(C)NC(C)(C)C5)nc4n3)c(OC=O)c2)n1. The van der Waals surface area contributed by atoms with Crippen LogP contribution < -0.4 is 10.1 Å². The van der Waals surface area contributed by atoms with Crippen LogP contribution in [0.5, 0.6) is 5.75 Å². The Hall–Kier alpha value is -3.92. The van der Waals surface area contributed by atoms with Crippen molar-refractivity contribution in [1.82, 2.24) is 39.9 Å². The van der Waals surface area contributed by atoms with Gasteiger partial charge in [0.2, 0.25) is 11.6 Å². The van der Waals surface area contributed by atoms with Crippen LogP contribution in [0.1, 0.15) is 39.8 Å². The van der Waals surface area contributed by atoms with E-state index in [0.29, 0.717) is 40.6 Å². The van der Waals surface area contributed by atoms with Crippen LogP contribution in [0.25, 0.3) is 34.0 Å². The van der Waals surface area contributed by atoms with Crippen LogP contribution in [-0.4, -0.2) is 52.1 Å². The lowest BCUT2D eigenvalue weighted by Crippen LogP contribution is -2.53. The van der Waals surface area contributed by atoms with Gasteiger partial charge in [0.1, 0.15) is 5.75 Å². The van der Waals surface area contributed by atoms with E-state index in [9.17, 15) is 4.79 Å². The number of aryl methyl sites for hydroxylation is 1. The van der Waals surface area contributed by atoms with Gasteiger partial charge in [-0.1, -0.05) is 12.1 Å². The molecule has 1 aromatic carbocycles. The number of hydrogen-bond donors (Lipinski definition) is 1. The smallest absolute Gasteiger partial charge is 0.298 e. The number of imidazole rings is 1. The Morgan fingerprint density at radius 3 is 2.62 bits per heavy atom. The van der Waals surface area contributed by atoms with Gasteiger partial charge in [-0.05, 0) is 63.1 Å². The summed E-state index contributed by atoms with van der Waals surface area (Å²) in [4.78, 5) is 22.1. The Balaban J connectivity index is 1.54. The van der Waals surface area contributed by atoms with E-state index in [1.807, 2.05) is 35.0 Å². The molecule has 0 fully saturated rings. The fourth-order valence-corrected chi connectivity index (χ4v) is 4.68. The van der Waals surface area contributed by atoms with Crippen LogP contribution >= 0.6 is 0 Å². The first-order valence-corrected chi connectivity index (χ1v) is 11.0. The van der Waals surface area contributed by atoms with Crippen molar-refractivity contribution < 1.29 is 9.53 Å². The monoisotopic (exact) mass is 458 g/mol. The number of rotatable bonds is 5. The predicted octanol–water partition coefficient (Wildman–Crippen LogP) is 3.06. The first-order chi connectivity index (χ1) is 16.1. The summed E-state index contributed by atoms with van der Waals surface area (Å²) in [6.45, 7) is 9.11. The number of ether oxygens (including phenoxy) is 1. The number of hydrogen-bond acceptors (Lipinski definition) is 8. The number of tetrazole rings is 1. The van der Waals surface area contributed by atoms with Crippen molar-refractivity contribution in [2.45, 2.75) is 45.2 Å². The van der Waals surface area contributed by atoms with Crippen LogP contribution in [-0.2, 0) is 11.8 Å². The second-order valence-corrected chi connectivity index (χ2v) is 9.75. The average Bonchev–Trinajstić information content (AvgIpc) is 3.37. The number of benzene rings is 1. The van der Waals surface area contributed by atoms with Gasteiger partial charge in [-0.15, -0.1) is 10.2 Å². The van der Waals surface area contributed by atoms with Crippen LogP contribution in [0.3, 0.4) is 0 Å². The molecule has 1 aliphatic rings. The second-order valence-electron chi connectivity index (χ2n) is 9.75. The molecule has 0 amide bonds. The number of nitrogens with zero attached hydrogens (tertiary/aromatic N) is 7. The molecule has 4 aromatic rings. The highest BCUT2D eigenvalue weighted by molar-refractivity contribution is 5.75. The van der Waals surface area contributed by atoms with E-state index >= 15 is 0 Å². The lowest BCUT2D eigenvalue weighted by atomic mass is 9.82. The minimum absolute atomic E-state index is 0.0389. The molecule has 3 aromatic heterocycles. The topological polar surface area (TPSA) is 112 Å². The zero-order valence-electron chi connectivity index (χ0n) is 19.8. The highest BCUT2D eigenvalue weighted by Gasteiger charge is 2.33. The van der Waals surface area contributed by atoms with E-state index < -0.39 is 0 Å². The molecule has 34 heavy (non-hydrogen) atoms. The number of carbonyl (C=O) groups is 1. The van der Waals surface area contributed by atoms with Crippen molar-refractivity contribution in [3.05, 3.63) is 48.4 Å². The molecule has 174 valence electrons. The average molecular weight is 459 g/mol. The van der Waals surface area contributed by atoms with E-state index in [1.54, 1.807) is 13.1 Å². The molecular formula is C24H26N8O2. The zero-order valence-corrected chi connectivity index (χ0v) is 19.8. The minimum atomic E-state index is -0.133. The Morgan fingerprint density at radius 1 is 1.12 bits per heavy atom. The van der Waals surface area contributed by atoms with Gasteiger partial charge >= 0.3 is 0 Å². The maximum atomic E-state index is 11.2. The maximum Gasteiger partial charge on any atom is 0.298 e. The van der Waals surface area contributed by atoms with E-state index in [1.165, 1.54) is 10.4 Å². The minimum Gasteiger partial charge on any atom is -0.428 e. The molecule has 1 N–H and O–H groups in total. The van der Waals surface area contributed by atoms with E-state index in [2.05, 4.69) is 54.5 Å². The van der Waals surface area contributed by atoms with Gasteiger partial charge in [-0.3, -0.25) is 9.20 Å². The molecule has 0 unspecified atom stereocenters. The van der Waals surface area contributed by atoms with Gasteiger partial charge in [-0.25, -0.2) is 9.97 Å². The Labute approximate surface area is 196 Å². The predicted molar refractivity (Wildman–Crippen MR) is 127 cm³/mol. The molecule has 1 aliphatic heterocycles. The van der Waals surface area contributed by atoms with Gasteiger partial charge in [0.25, 0.3) is 6.47 Å². The van der Waals surface area contributed by atoms with Crippen molar-refractivity contribution in [3.63, 3.8) is 0 Å². The van der Waals surface area contributed by atoms with E-state index in [-0.39, 0.29) is 11.1 Å². The van der Waals surface area contributed by atoms with Gasteiger partial charge in [0.05, 0.1) is 18.4 Å². The lowest BCUT2D eigenvalue weighted by molar-refractivity contribution is -0.120. The van der Waals surface area contributed by atoms with Gasteiger partial charge in [0.15, 0.2) is 0 Å². The van der Waals surface area contributed by atoms with Crippen molar-refractivity contribution in [1.29, 1.82) is 0 Å². The number of fused-ring (bicyclic) bond motifs is 1. The quantitative estimate of drug-likeness (QED) is 0.454. The normalized spacial score (nSPS) is 16.9. The summed E-state index contributed by atoms with van der Waals surface area (Å²) in [6, 6.07) is 7.38. The maximum absolute atomic E-state index is 11.2. The molecular weight excluding hydrogens is 432 g/mol. The summed E-state index contributed by atoms with van der Waals surface area (Å²) in [6.07, 6.45) is 6.91. The van der Waals surface area contributed by atoms with Crippen LogP contribution in [0.4, 0.5) is 0 Å². The molecule has 4 heterocycles. The molecule has 0 saturated carbocycles. The van der Waals surface area contributed by atoms with Crippen molar-refractivity contribution in [2.24, 2.45) is 7.05 Å². The third kappa shape index (κ3) is 4.19. The molecule has 0 saturated heterocycles. The summed E-state index contributed by atoms with van der Waals surface area (Å²) in [7, 11) is 1.69. The third-order valence-electron chi connectivity index (χ3n) is 5.68. The molecule has 5 rings (SSSR count). The first-order valence-electron chi connectivity index (χ1n) is 11.0. The summed E-state index contributed by atoms with van der Waals surface area (Å²) >= 11 is 0. The highest BCUT2D eigenvalue weighted by Crippen LogP contribution is 2.35. The molecule has 0 bridgehead atoms. The standard InChI is InChI=1S/C24H26N8O2/c1-23(2)11-16(12-24(3,4)29-23)18-8-9-32-13-19(26-22(32)25-18)17-7-6-15(10-20(17)34-14-33)21-27-30-31(5)28-21/h6-11,13-14,29H,12H2,1-5H3. The van der Waals surface area contributed by atoms with Crippen LogP contribution in [0.15, 0.2) is 42.7 Å². The Kier molecular flexibility index (Phi) is 5.05. The summed E-state index contributed by atoms with van der Waals surface area (Å²) in [5.74, 6) is 1.36. The molecule has 0 spiro atoms. The summed E-state index contributed by atoms with van der Waals surface area (Å²) < 4.78 is 7.13. The summed E-state index contributed by atoms with van der Waals surface area (Å²) in [5, 5.41) is 15.7. The fourth-order valence-electron chi connectivity index (χ4n) is 4.68. The highest BCUT2D eigenvalue weighted by atomic mass is 16.5. The van der Waals surface area contributed by atoms with Crippen molar-refractivity contribution >= 4 is 17.8 Å². The molecule has 0 radical (unpaired) electrons. The molecule has 0 atom stereocenters. The van der Waals surface area contributed by atoms with Gasteiger partial charge < -0.3 is 10.1 Å². The second kappa shape index (κ2) is 7.84. The molecule has 10 nitrogen and oxygen atoms in total. The molecule has 10 heteroatoms. The van der Waals surface area contributed by atoms with Gasteiger partial charge in [-0.2, -0.15) is 4.80 Å². The summed E-state index contributed by atoms with van der Waals surface area (Å²) in [5.41, 5.74) is 3.90. The number of nitrogens with one attached hydrogen (secondary N) is 1. The third-order valence-corrected chi connectivity index (χ3v) is 5.68. The fraction of sp³-hybridized carbons (Fsp3) is 0.333. The number of aromatic nitrogens is 7. The first kappa shape index (κ1) is 21.9. The molecule has 0 aliphatic carbocycles. The van der Waals surface area contributed by atoms with E-state index in [0.717, 1.165) is 12.1 Å². The Morgan fingerprint density at radius 2 is 1.91 bits per heavy atom. The number of carbonyl (C=O) groups excluding carboxylic acids is 1. The largest absolute Gasteiger partial charge is 0.428 e. The van der Waals surface area contributed by atoms with Crippen molar-refractivity contribution in [2.75, 3.05) is 0 Å². The van der Waals surface area contributed by atoms with Crippen molar-refractivity contribution in [3.8, 4) is 28.4 Å². The van der Waals surface area contributed by atoms with Crippen LogP contribution in [0.2, 0.25) is 0 Å². The van der Waals surface area contributed by atoms with Crippen LogP contribution in [0, 0.1) is 0 Å².